The number of H-pyrrole nitrogens is 1. The maximum atomic E-state index is 11.3. The summed E-state index contributed by atoms with van der Waals surface area (Å²) in [5.74, 6) is 0.816. The van der Waals surface area contributed by atoms with Crippen LogP contribution in [0, 0.1) is 0 Å². The van der Waals surface area contributed by atoms with E-state index < -0.39 is 0 Å². The zero-order valence-electron chi connectivity index (χ0n) is 9.54. The Morgan fingerprint density at radius 2 is 2.50 bits per heavy atom. The first-order valence-corrected chi connectivity index (χ1v) is 6.75. The van der Waals surface area contributed by atoms with Gasteiger partial charge in [-0.05, 0) is 0 Å². The van der Waals surface area contributed by atoms with Crippen LogP contribution in [0.15, 0.2) is 17.2 Å². The van der Waals surface area contributed by atoms with Crippen LogP contribution in [0.1, 0.15) is 0 Å². The molecule has 1 saturated heterocycles. The van der Waals surface area contributed by atoms with Crippen molar-refractivity contribution in [2.24, 2.45) is 0 Å². The summed E-state index contributed by atoms with van der Waals surface area (Å²) in [7, 11) is 0. The van der Waals surface area contributed by atoms with E-state index in [1.54, 1.807) is 6.07 Å². The quantitative estimate of drug-likeness (QED) is 0.791. The number of halogens is 1. The minimum atomic E-state index is -0.274. The van der Waals surface area contributed by atoms with Gasteiger partial charge in [-0.2, -0.15) is 5.10 Å². The van der Waals surface area contributed by atoms with Crippen LogP contribution < -0.4 is 10.6 Å². The van der Waals surface area contributed by atoms with Gasteiger partial charge in [-0.15, -0.1) is 0 Å². The summed E-state index contributed by atoms with van der Waals surface area (Å²) in [5.41, 5.74) is 0.302. The molecule has 1 unspecified atom stereocenters. The lowest BCUT2D eigenvalue weighted by Crippen LogP contribution is -2.43. The number of nitrogens with zero attached hydrogens (tertiary/aromatic N) is 4. The molecule has 3 heterocycles. The molecular formula is C10H12BrN5O2. The second kappa shape index (κ2) is 4.69. The molecular weight excluding hydrogens is 302 g/mol. The fourth-order valence-electron chi connectivity index (χ4n) is 1.99. The van der Waals surface area contributed by atoms with Gasteiger partial charge in [-0.25, -0.2) is 19.3 Å². The Morgan fingerprint density at radius 1 is 1.61 bits per heavy atom. The Balaban J connectivity index is 1.91. The van der Waals surface area contributed by atoms with E-state index in [0.29, 0.717) is 12.3 Å². The Morgan fingerprint density at radius 3 is 3.33 bits per heavy atom. The molecule has 7 nitrogen and oxygen atoms in total. The Labute approximate surface area is 111 Å². The molecule has 0 amide bonds. The Hall–Kier alpha value is -1.41. The van der Waals surface area contributed by atoms with Crippen molar-refractivity contribution in [1.82, 2.24) is 19.6 Å². The molecule has 2 aromatic rings. The lowest BCUT2D eigenvalue weighted by molar-refractivity contribution is 0.0568. The highest BCUT2D eigenvalue weighted by molar-refractivity contribution is 9.09. The molecule has 0 radical (unpaired) electrons. The lowest BCUT2D eigenvalue weighted by atomic mass is 10.3. The third-order valence-corrected chi connectivity index (χ3v) is 3.65. The fourth-order valence-corrected chi connectivity index (χ4v) is 2.39. The minimum absolute atomic E-state index is 0.165. The molecule has 2 aromatic heterocycles. The molecule has 0 saturated carbocycles. The summed E-state index contributed by atoms with van der Waals surface area (Å²) < 4.78 is 6.96. The van der Waals surface area contributed by atoms with Crippen LogP contribution in [0.2, 0.25) is 0 Å². The highest BCUT2D eigenvalue weighted by Gasteiger charge is 2.21. The number of aromatic amines is 1. The van der Waals surface area contributed by atoms with Gasteiger partial charge in [0.1, 0.15) is 12.1 Å². The highest BCUT2D eigenvalue weighted by Crippen LogP contribution is 2.16. The minimum Gasteiger partial charge on any atom is -0.374 e. The lowest BCUT2D eigenvalue weighted by Gasteiger charge is -2.32. The molecule has 3 rings (SSSR count). The number of ether oxygens (including phenoxy) is 1. The molecule has 96 valence electrons. The molecule has 1 aliphatic heterocycles. The predicted octanol–water partition coefficient (Wildman–Crippen LogP) is 0.0177. The van der Waals surface area contributed by atoms with Crippen LogP contribution in [0.4, 0.5) is 5.82 Å². The summed E-state index contributed by atoms with van der Waals surface area (Å²) in [6, 6.07) is 1.80. The number of anilines is 1. The van der Waals surface area contributed by atoms with Crippen LogP contribution in [0.3, 0.4) is 0 Å². The fraction of sp³-hybridized carbons (Fsp3) is 0.500. The zero-order chi connectivity index (χ0) is 12.5. The number of nitrogens with one attached hydrogen (secondary N) is 1. The van der Waals surface area contributed by atoms with E-state index in [0.717, 1.165) is 24.2 Å². The van der Waals surface area contributed by atoms with E-state index in [-0.39, 0.29) is 11.8 Å². The topological polar surface area (TPSA) is 75.5 Å². The number of rotatable bonds is 2. The van der Waals surface area contributed by atoms with Gasteiger partial charge in [0.25, 0.3) is 0 Å². The van der Waals surface area contributed by atoms with E-state index >= 15 is 0 Å². The second-order valence-corrected chi connectivity index (χ2v) is 4.74. The van der Waals surface area contributed by atoms with Gasteiger partial charge in [-0.1, -0.05) is 15.9 Å². The van der Waals surface area contributed by atoms with E-state index in [2.05, 4.69) is 36.0 Å². The number of hydrogen-bond acceptors (Lipinski definition) is 5. The molecule has 1 N–H and O–H groups in total. The standard InChI is InChI=1S/C10H12BrN5O2/c11-4-7-5-15(1-2-18-7)8-3-9-13-14-10(17)16(9)6-12-8/h3,6-7H,1-2,4-5H2,(H,14,17). The molecule has 0 aliphatic carbocycles. The molecule has 1 fully saturated rings. The van der Waals surface area contributed by atoms with Crippen molar-refractivity contribution in [1.29, 1.82) is 0 Å². The smallest absolute Gasteiger partial charge is 0.348 e. The van der Waals surface area contributed by atoms with E-state index in [4.69, 9.17) is 4.74 Å². The molecule has 8 heteroatoms. The molecule has 0 spiro atoms. The third kappa shape index (κ3) is 2.01. The molecule has 1 aliphatic rings. The van der Waals surface area contributed by atoms with Crippen molar-refractivity contribution >= 4 is 27.4 Å². The maximum absolute atomic E-state index is 11.3. The van der Waals surface area contributed by atoms with Crippen LogP contribution in [0.5, 0.6) is 0 Å². The van der Waals surface area contributed by atoms with Gasteiger partial charge in [0.15, 0.2) is 5.65 Å². The molecule has 18 heavy (non-hydrogen) atoms. The number of alkyl halides is 1. The SMILES string of the molecule is O=c1[nH]nc2cc(N3CCOC(CBr)C3)ncn12. The van der Waals surface area contributed by atoms with Gasteiger partial charge >= 0.3 is 5.69 Å². The van der Waals surface area contributed by atoms with Crippen LogP contribution >= 0.6 is 15.9 Å². The van der Waals surface area contributed by atoms with Gasteiger partial charge in [-0.3, -0.25) is 0 Å². The average molecular weight is 314 g/mol. The van der Waals surface area contributed by atoms with E-state index in [1.165, 1.54) is 10.7 Å². The highest BCUT2D eigenvalue weighted by atomic mass is 79.9. The van der Waals surface area contributed by atoms with Gasteiger partial charge in [0, 0.05) is 24.5 Å². The maximum Gasteiger partial charge on any atom is 0.348 e. The summed E-state index contributed by atoms with van der Waals surface area (Å²) in [6.07, 6.45) is 1.66. The van der Waals surface area contributed by atoms with Crippen LogP contribution in [-0.2, 0) is 4.74 Å². The first kappa shape index (κ1) is 11.7. The first-order chi connectivity index (χ1) is 8.78. The summed E-state index contributed by atoms with van der Waals surface area (Å²) >= 11 is 3.42. The van der Waals surface area contributed by atoms with Gasteiger partial charge in [0.05, 0.1) is 12.7 Å². The van der Waals surface area contributed by atoms with Crippen molar-refractivity contribution in [2.75, 3.05) is 29.9 Å². The van der Waals surface area contributed by atoms with Gasteiger partial charge < -0.3 is 9.64 Å². The van der Waals surface area contributed by atoms with E-state index in [9.17, 15) is 4.79 Å². The summed E-state index contributed by atoms with van der Waals surface area (Å²) in [4.78, 5) is 17.8. The zero-order valence-corrected chi connectivity index (χ0v) is 11.1. The number of aromatic nitrogens is 4. The third-order valence-electron chi connectivity index (χ3n) is 2.93. The number of morpholine rings is 1. The summed E-state index contributed by atoms with van der Waals surface area (Å²) in [5, 5.41) is 7.12. The average Bonchev–Trinajstić information content (AvgIpc) is 2.80. The largest absolute Gasteiger partial charge is 0.374 e. The normalized spacial score (nSPS) is 20.5. The number of hydrogen-bond donors (Lipinski definition) is 1. The first-order valence-electron chi connectivity index (χ1n) is 5.63. The molecule has 1 atom stereocenters. The van der Waals surface area contributed by atoms with Gasteiger partial charge in [0.2, 0.25) is 0 Å². The van der Waals surface area contributed by atoms with Crippen LogP contribution in [0.25, 0.3) is 5.65 Å². The Bertz CT molecular complexity index is 610. The van der Waals surface area contributed by atoms with Crippen molar-refractivity contribution in [3.63, 3.8) is 0 Å². The predicted molar refractivity (Wildman–Crippen MR) is 69.4 cm³/mol. The van der Waals surface area contributed by atoms with Crippen molar-refractivity contribution in [3.8, 4) is 0 Å². The molecule has 0 bridgehead atoms. The van der Waals surface area contributed by atoms with Crippen LogP contribution in [-0.4, -0.2) is 50.7 Å². The Kier molecular flexibility index (Phi) is 3.04. The van der Waals surface area contributed by atoms with Crippen molar-refractivity contribution in [2.45, 2.75) is 6.10 Å². The van der Waals surface area contributed by atoms with E-state index in [1.807, 2.05) is 0 Å². The van der Waals surface area contributed by atoms with Crippen molar-refractivity contribution in [3.05, 3.63) is 22.9 Å². The monoisotopic (exact) mass is 313 g/mol. The van der Waals surface area contributed by atoms with Crippen molar-refractivity contribution < 1.29 is 4.74 Å². The molecule has 0 aromatic carbocycles. The summed E-state index contributed by atoms with van der Waals surface area (Å²) in [6.45, 7) is 2.25. The number of fused-ring (bicyclic) bond motifs is 1. The second-order valence-electron chi connectivity index (χ2n) is 4.10.